The summed E-state index contributed by atoms with van der Waals surface area (Å²) in [5, 5.41) is 2.77. The van der Waals surface area contributed by atoms with Crippen molar-refractivity contribution >= 4 is 16.7 Å². The first-order valence-electron chi connectivity index (χ1n) is 6.41. The van der Waals surface area contributed by atoms with E-state index in [0.717, 1.165) is 5.56 Å². The molecule has 1 amide bonds. The van der Waals surface area contributed by atoms with Crippen LogP contribution in [0.5, 0.6) is 0 Å². The van der Waals surface area contributed by atoms with Crippen LogP contribution in [-0.2, 0) is 10.8 Å². The van der Waals surface area contributed by atoms with Gasteiger partial charge in [0.2, 0.25) is 0 Å². The van der Waals surface area contributed by atoms with Crippen LogP contribution in [0.15, 0.2) is 53.5 Å². The maximum atomic E-state index is 12.2. The van der Waals surface area contributed by atoms with Crippen LogP contribution in [0, 0.1) is 0 Å². The Balaban J connectivity index is 2.23. The van der Waals surface area contributed by atoms with Gasteiger partial charge in [-0.2, -0.15) is 0 Å². The standard InChI is InChI=1S/C15H16N2O3S/c1-21(20)10-13(11-6-3-2-4-7-11)17-15(19)12-8-5-9-16-14(12)18/h2-9,13H,10H2,1H3,(H,16,18)(H,17,19)/t13-,21+/m0/s1. The van der Waals surface area contributed by atoms with Gasteiger partial charge >= 0.3 is 0 Å². The van der Waals surface area contributed by atoms with Gasteiger partial charge in [0, 0.05) is 29.0 Å². The van der Waals surface area contributed by atoms with Gasteiger partial charge in [-0.1, -0.05) is 30.3 Å². The molecule has 0 aliphatic carbocycles. The minimum Gasteiger partial charge on any atom is -0.344 e. The lowest BCUT2D eigenvalue weighted by Crippen LogP contribution is -2.35. The van der Waals surface area contributed by atoms with E-state index in [-0.39, 0.29) is 5.56 Å². The monoisotopic (exact) mass is 304 g/mol. The van der Waals surface area contributed by atoms with Gasteiger partial charge in [0.05, 0.1) is 6.04 Å². The van der Waals surface area contributed by atoms with Gasteiger partial charge in [0.15, 0.2) is 0 Å². The minimum absolute atomic E-state index is 0.0420. The van der Waals surface area contributed by atoms with Crippen LogP contribution in [0.25, 0.3) is 0 Å². The number of carbonyl (C=O) groups excluding carboxylic acids is 1. The molecule has 0 radical (unpaired) electrons. The average Bonchev–Trinajstić information content (AvgIpc) is 2.47. The molecular formula is C15H16N2O3S. The van der Waals surface area contributed by atoms with Crippen LogP contribution in [0.4, 0.5) is 0 Å². The van der Waals surface area contributed by atoms with E-state index in [2.05, 4.69) is 10.3 Å². The summed E-state index contributed by atoms with van der Waals surface area (Å²) in [6.45, 7) is 0. The average molecular weight is 304 g/mol. The molecule has 110 valence electrons. The topological polar surface area (TPSA) is 79.0 Å². The van der Waals surface area contributed by atoms with Gasteiger partial charge in [-0.3, -0.25) is 13.8 Å². The predicted molar refractivity (Wildman–Crippen MR) is 82.6 cm³/mol. The Morgan fingerprint density at radius 2 is 1.95 bits per heavy atom. The van der Waals surface area contributed by atoms with Crippen LogP contribution < -0.4 is 10.9 Å². The van der Waals surface area contributed by atoms with Gasteiger partial charge in [-0.15, -0.1) is 0 Å². The summed E-state index contributed by atoms with van der Waals surface area (Å²) in [6, 6.07) is 11.9. The molecule has 5 nitrogen and oxygen atoms in total. The zero-order valence-corrected chi connectivity index (χ0v) is 12.4. The highest BCUT2D eigenvalue weighted by Gasteiger charge is 2.18. The number of pyridine rings is 1. The number of amides is 1. The highest BCUT2D eigenvalue weighted by molar-refractivity contribution is 7.84. The Morgan fingerprint density at radius 3 is 2.57 bits per heavy atom. The molecule has 0 aliphatic heterocycles. The van der Waals surface area contributed by atoms with Gasteiger partial charge < -0.3 is 10.3 Å². The van der Waals surface area contributed by atoms with E-state index >= 15 is 0 Å². The third kappa shape index (κ3) is 4.13. The minimum atomic E-state index is -1.07. The summed E-state index contributed by atoms with van der Waals surface area (Å²) in [6.07, 6.45) is 3.05. The second kappa shape index (κ2) is 6.99. The zero-order valence-electron chi connectivity index (χ0n) is 11.5. The molecule has 1 aromatic carbocycles. The van der Waals surface area contributed by atoms with Gasteiger partial charge in [-0.05, 0) is 17.7 Å². The molecule has 2 N–H and O–H groups in total. The lowest BCUT2D eigenvalue weighted by molar-refractivity contribution is 0.0939. The van der Waals surface area contributed by atoms with E-state index in [4.69, 9.17) is 0 Å². The Morgan fingerprint density at radius 1 is 1.24 bits per heavy atom. The normalized spacial score (nSPS) is 13.4. The lowest BCUT2D eigenvalue weighted by Gasteiger charge is -2.18. The van der Waals surface area contributed by atoms with Crippen LogP contribution in [-0.4, -0.2) is 27.1 Å². The number of benzene rings is 1. The second-order valence-electron chi connectivity index (χ2n) is 4.59. The zero-order chi connectivity index (χ0) is 15.2. The largest absolute Gasteiger partial charge is 0.344 e. The van der Waals surface area contributed by atoms with Crippen molar-refractivity contribution in [3.63, 3.8) is 0 Å². The predicted octanol–water partition coefficient (Wildman–Crippen LogP) is 1.22. The van der Waals surface area contributed by atoms with Gasteiger partial charge in [0.25, 0.3) is 11.5 Å². The molecule has 2 rings (SSSR count). The summed E-state index contributed by atoms with van der Waals surface area (Å²) >= 11 is 0. The number of aromatic nitrogens is 1. The maximum absolute atomic E-state index is 12.2. The Kier molecular flexibility index (Phi) is 5.05. The van der Waals surface area contributed by atoms with E-state index in [1.165, 1.54) is 12.3 Å². The van der Waals surface area contributed by atoms with Crippen LogP contribution in [0.1, 0.15) is 22.0 Å². The van der Waals surface area contributed by atoms with Gasteiger partial charge in [0.1, 0.15) is 5.56 Å². The first kappa shape index (κ1) is 15.2. The first-order chi connectivity index (χ1) is 10.1. The summed E-state index contributed by atoms with van der Waals surface area (Å²) in [5.74, 6) is -0.184. The Labute approximate surface area is 124 Å². The third-order valence-corrected chi connectivity index (χ3v) is 3.77. The fraction of sp³-hybridized carbons (Fsp3) is 0.200. The summed E-state index contributed by atoms with van der Waals surface area (Å²) in [4.78, 5) is 26.3. The molecule has 0 unspecified atom stereocenters. The molecular weight excluding hydrogens is 288 g/mol. The van der Waals surface area contributed by atoms with Crippen molar-refractivity contribution in [3.8, 4) is 0 Å². The molecule has 0 spiro atoms. The fourth-order valence-electron chi connectivity index (χ4n) is 1.98. The third-order valence-electron chi connectivity index (χ3n) is 2.97. The van der Waals surface area contributed by atoms with Crippen molar-refractivity contribution in [2.45, 2.75) is 6.04 Å². The maximum Gasteiger partial charge on any atom is 0.260 e. The molecule has 0 fully saturated rings. The smallest absolute Gasteiger partial charge is 0.260 e. The molecule has 0 saturated carbocycles. The van der Waals surface area contributed by atoms with Crippen molar-refractivity contribution in [2.24, 2.45) is 0 Å². The van der Waals surface area contributed by atoms with Crippen LogP contribution in [0.3, 0.4) is 0 Å². The molecule has 1 heterocycles. The number of nitrogens with one attached hydrogen (secondary N) is 2. The summed E-state index contributed by atoms with van der Waals surface area (Å²) < 4.78 is 11.5. The van der Waals surface area contributed by atoms with Crippen molar-refractivity contribution in [2.75, 3.05) is 12.0 Å². The Hall–Kier alpha value is -2.21. The van der Waals surface area contributed by atoms with Crippen LogP contribution in [0.2, 0.25) is 0 Å². The van der Waals surface area contributed by atoms with E-state index in [9.17, 15) is 13.8 Å². The SMILES string of the molecule is C[S@@](=O)C[C@H](NC(=O)c1ccc[nH]c1=O)c1ccccc1. The van der Waals surface area contributed by atoms with Crippen molar-refractivity contribution < 1.29 is 9.00 Å². The second-order valence-corrected chi connectivity index (χ2v) is 6.07. The lowest BCUT2D eigenvalue weighted by atomic mass is 10.1. The van der Waals surface area contributed by atoms with E-state index in [1.807, 2.05) is 30.3 Å². The molecule has 2 aromatic rings. The van der Waals surface area contributed by atoms with Crippen molar-refractivity contribution in [1.29, 1.82) is 0 Å². The number of hydrogen-bond acceptors (Lipinski definition) is 3. The molecule has 1 aromatic heterocycles. The van der Waals surface area contributed by atoms with E-state index in [1.54, 1.807) is 12.3 Å². The number of aromatic amines is 1. The number of hydrogen-bond donors (Lipinski definition) is 2. The van der Waals surface area contributed by atoms with E-state index < -0.39 is 28.3 Å². The number of H-pyrrole nitrogens is 1. The van der Waals surface area contributed by atoms with E-state index in [0.29, 0.717) is 5.75 Å². The van der Waals surface area contributed by atoms with Crippen molar-refractivity contribution in [3.05, 3.63) is 70.1 Å². The molecule has 0 bridgehead atoms. The Bertz CT molecular complexity index is 697. The van der Waals surface area contributed by atoms with Crippen molar-refractivity contribution in [1.82, 2.24) is 10.3 Å². The summed E-state index contributed by atoms with van der Waals surface area (Å²) in [7, 11) is -1.07. The fourth-order valence-corrected chi connectivity index (χ4v) is 2.72. The highest BCUT2D eigenvalue weighted by Crippen LogP contribution is 2.14. The molecule has 2 atom stereocenters. The highest BCUT2D eigenvalue weighted by atomic mass is 32.2. The first-order valence-corrected chi connectivity index (χ1v) is 8.14. The molecule has 6 heteroatoms. The molecule has 0 aliphatic rings. The van der Waals surface area contributed by atoms with Crippen LogP contribution >= 0.6 is 0 Å². The van der Waals surface area contributed by atoms with Gasteiger partial charge in [-0.25, -0.2) is 0 Å². The summed E-state index contributed by atoms with van der Waals surface area (Å²) in [5.41, 5.74) is 0.452. The number of rotatable bonds is 5. The quantitative estimate of drug-likeness (QED) is 0.872. The molecule has 21 heavy (non-hydrogen) atoms. The number of carbonyl (C=O) groups is 1. The molecule has 0 saturated heterocycles.